The maximum absolute atomic E-state index is 13.6. The van der Waals surface area contributed by atoms with Gasteiger partial charge in [0.05, 0.1) is 16.2 Å². The van der Waals surface area contributed by atoms with Gasteiger partial charge in [-0.2, -0.15) is 0 Å². The van der Waals surface area contributed by atoms with Gasteiger partial charge in [0.25, 0.3) is 0 Å². The molecule has 0 unspecified atom stereocenters. The molecule has 0 saturated heterocycles. The van der Waals surface area contributed by atoms with Gasteiger partial charge in [0.15, 0.2) is 11.6 Å². The summed E-state index contributed by atoms with van der Waals surface area (Å²) in [5, 5.41) is 0.428. The van der Waals surface area contributed by atoms with Crippen LogP contribution in [0, 0.1) is 11.6 Å². The van der Waals surface area contributed by atoms with Crippen molar-refractivity contribution in [1.82, 2.24) is 9.97 Å². The number of hydrogen-bond acceptors (Lipinski definition) is 2. The van der Waals surface area contributed by atoms with Gasteiger partial charge in [-0.25, -0.2) is 13.8 Å². The van der Waals surface area contributed by atoms with E-state index < -0.39 is 11.6 Å². The van der Waals surface area contributed by atoms with E-state index in [0.717, 1.165) is 6.07 Å². The van der Waals surface area contributed by atoms with Gasteiger partial charge >= 0.3 is 0 Å². The lowest BCUT2D eigenvalue weighted by Crippen LogP contribution is -1.88. The number of hydrogen-bond donors (Lipinski definition) is 2. The van der Waals surface area contributed by atoms with Crippen molar-refractivity contribution in [3.8, 4) is 11.4 Å². The summed E-state index contributed by atoms with van der Waals surface area (Å²) in [5.41, 5.74) is 7.12. The van der Waals surface area contributed by atoms with Crippen LogP contribution < -0.4 is 5.73 Å². The molecule has 0 radical (unpaired) electrons. The number of nitrogen functional groups attached to an aromatic ring is 1. The molecule has 0 bridgehead atoms. The molecular weight excluding hydrogens is 272 g/mol. The van der Waals surface area contributed by atoms with Crippen molar-refractivity contribution >= 4 is 28.3 Å². The molecule has 0 aliphatic heterocycles. The van der Waals surface area contributed by atoms with Crippen LogP contribution in [-0.4, -0.2) is 9.97 Å². The third kappa shape index (κ3) is 1.92. The maximum atomic E-state index is 13.6. The van der Waals surface area contributed by atoms with E-state index in [1.165, 1.54) is 6.07 Å². The molecule has 0 aliphatic rings. The minimum Gasteiger partial charge on any atom is -0.398 e. The highest BCUT2D eigenvalue weighted by Crippen LogP contribution is 2.27. The zero-order valence-corrected chi connectivity index (χ0v) is 10.3. The van der Waals surface area contributed by atoms with Gasteiger partial charge in [-0.15, -0.1) is 0 Å². The SMILES string of the molecule is Nc1cc(-c2nc3c(F)c(F)ccc3[nH]2)ccc1Cl. The number of fused-ring (bicyclic) bond motifs is 1. The van der Waals surface area contributed by atoms with Crippen LogP contribution in [-0.2, 0) is 0 Å². The lowest BCUT2D eigenvalue weighted by molar-refractivity contribution is 0.515. The quantitative estimate of drug-likeness (QED) is 0.667. The first kappa shape index (κ1) is 11.9. The number of aromatic amines is 1. The van der Waals surface area contributed by atoms with E-state index in [2.05, 4.69) is 9.97 Å². The van der Waals surface area contributed by atoms with Crippen LogP contribution in [0.25, 0.3) is 22.4 Å². The molecule has 1 heterocycles. The highest BCUT2D eigenvalue weighted by Gasteiger charge is 2.13. The van der Waals surface area contributed by atoms with Crippen molar-refractivity contribution in [3.63, 3.8) is 0 Å². The predicted octanol–water partition coefficient (Wildman–Crippen LogP) is 3.74. The molecule has 0 saturated carbocycles. The molecule has 3 nitrogen and oxygen atoms in total. The number of rotatable bonds is 1. The molecule has 1 aromatic heterocycles. The van der Waals surface area contributed by atoms with Gasteiger partial charge in [-0.3, -0.25) is 0 Å². The molecule has 6 heteroatoms. The van der Waals surface area contributed by atoms with E-state index >= 15 is 0 Å². The molecule has 0 spiro atoms. The molecule has 3 N–H and O–H groups in total. The van der Waals surface area contributed by atoms with Gasteiger partial charge in [0, 0.05) is 5.56 Å². The molecular formula is C13H8ClF2N3. The zero-order chi connectivity index (χ0) is 13.6. The number of nitrogens with zero attached hydrogens (tertiary/aromatic N) is 1. The summed E-state index contributed by atoms with van der Waals surface area (Å²) in [7, 11) is 0. The first-order valence-corrected chi connectivity index (χ1v) is 5.83. The van der Waals surface area contributed by atoms with Crippen LogP contribution in [0.4, 0.5) is 14.5 Å². The summed E-state index contributed by atoms with van der Waals surface area (Å²) in [6.45, 7) is 0. The summed E-state index contributed by atoms with van der Waals surface area (Å²) < 4.78 is 26.7. The Balaban J connectivity index is 2.20. The van der Waals surface area contributed by atoms with Gasteiger partial charge < -0.3 is 10.7 Å². The molecule has 19 heavy (non-hydrogen) atoms. The molecule has 3 aromatic rings. The minimum atomic E-state index is -0.970. The van der Waals surface area contributed by atoms with Gasteiger partial charge in [0.2, 0.25) is 0 Å². The number of H-pyrrole nitrogens is 1. The largest absolute Gasteiger partial charge is 0.398 e. The van der Waals surface area contributed by atoms with Gasteiger partial charge in [-0.05, 0) is 30.3 Å². The topological polar surface area (TPSA) is 54.7 Å². The third-order valence-corrected chi connectivity index (χ3v) is 3.16. The molecule has 2 aromatic carbocycles. The fourth-order valence-electron chi connectivity index (χ4n) is 1.85. The normalized spacial score (nSPS) is 11.1. The monoisotopic (exact) mass is 279 g/mol. The Morgan fingerprint density at radius 2 is 1.95 bits per heavy atom. The smallest absolute Gasteiger partial charge is 0.186 e. The van der Waals surface area contributed by atoms with Gasteiger partial charge in [0.1, 0.15) is 11.3 Å². The number of nitrogens with two attached hydrogens (primary N) is 1. The third-order valence-electron chi connectivity index (χ3n) is 2.82. The second-order valence-electron chi connectivity index (χ2n) is 4.08. The lowest BCUT2D eigenvalue weighted by Gasteiger charge is -2.00. The Bertz CT molecular complexity index is 783. The Morgan fingerprint density at radius 1 is 1.16 bits per heavy atom. The molecule has 3 rings (SSSR count). The van der Waals surface area contributed by atoms with E-state index in [0.29, 0.717) is 27.6 Å². The Hall–Kier alpha value is -2.14. The molecule has 96 valence electrons. The van der Waals surface area contributed by atoms with E-state index in [-0.39, 0.29) is 5.52 Å². The highest BCUT2D eigenvalue weighted by atomic mass is 35.5. The van der Waals surface area contributed by atoms with E-state index in [1.54, 1.807) is 18.2 Å². The molecule has 0 fully saturated rings. The Morgan fingerprint density at radius 3 is 2.68 bits per heavy atom. The number of anilines is 1. The van der Waals surface area contributed by atoms with Crippen LogP contribution in [0.2, 0.25) is 5.02 Å². The van der Waals surface area contributed by atoms with Crippen LogP contribution in [0.1, 0.15) is 0 Å². The molecule has 0 aliphatic carbocycles. The standard InChI is InChI=1S/C13H8ClF2N3/c14-7-2-1-6(5-9(7)17)13-18-10-4-3-8(15)11(16)12(10)19-13/h1-5H,17H2,(H,18,19). The number of nitrogens with one attached hydrogen (secondary N) is 1. The van der Waals surface area contributed by atoms with Crippen LogP contribution in [0.3, 0.4) is 0 Å². The summed E-state index contributed by atoms with van der Waals surface area (Å²) in [5.74, 6) is -1.49. The van der Waals surface area contributed by atoms with Crippen molar-refractivity contribution in [3.05, 3.63) is 47.0 Å². The fraction of sp³-hybridized carbons (Fsp3) is 0. The van der Waals surface area contributed by atoms with Crippen molar-refractivity contribution in [2.24, 2.45) is 0 Å². The second-order valence-corrected chi connectivity index (χ2v) is 4.49. The van der Waals surface area contributed by atoms with Gasteiger partial charge in [-0.1, -0.05) is 11.6 Å². The number of imidazole rings is 1. The highest BCUT2D eigenvalue weighted by molar-refractivity contribution is 6.33. The first-order valence-electron chi connectivity index (χ1n) is 5.45. The van der Waals surface area contributed by atoms with Crippen LogP contribution >= 0.6 is 11.6 Å². The number of benzene rings is 2. The van der Waals surface area contributed by atoms with Crippen molar-refractivity contribution < 1.29 is 8.78 Å². The van der Waals surface area contributed by atoms with Crippen molar-refractivity contribution in [2.75, 3.05) is 5.73 Å². The number of aromatic nitrogens is 2. The van der Waals surface area contributed by atoms with E-state index in [9.17, 15) is 8.78 Å². The fourth-order valence-corrected chi connectivity index (χ4v) is 1.96. The van der Waals surface area contributed by atoms with E-state index in [1.807, 2.05) is 0 Å². The Labute approximate surface area is 112 Å². The summed E-state index contributed by atoms with van der Waals surface area (Å²) in [4.78, 5) is 6.96. The summed E-state index contributed by atoms with van der Waals surface area (Å²) in [6.07, 6.45) is 0. The first-order chi connectivity index (χ1) is 9.06. The Kier molecular flexibility index (Phi) is 2.64. The molecule has 0 amide bonds. The maximum Gasteiger partial charge on any atom is 0.186 e. The summed E-state index contributed by atoms with van der Waals surface area (Å²) in [6, 6.07) is 7.43. The second kappa shape index (κ2) is 4.20. The van der Waals surface area contributed by atoms with E-state index in [4.69, 9.17) is 17.3 Å². The minimum absolute atomic E-state index is 0.0384. The van der Waals surface area contributed by atoms with Crippen molar-refractivity contribution in [1.29, 1.82) is 0 Å². The summed E-state index contributed by atoms with van der Waals surface area (Å²) >= 11 is 5.83. The average molecular weight is 280 g/mol. The van der Waals surface area contributed by atoms with Crippen LogP contribution in [0.15, 0.2) is 30.3 Å². The predicted molar refractivity (Wildman–Crippen MR) is 70.9 cm³/mol. The average Bonchev–Trinajstić information content (AvgIpc) is 2.82. The van der Waals surface area contributed by atoms with Crippen molar-refractivity contribution in [2.45, 2.75) is 0 Å². The zero-order valence-electron chi connectivity index (χ0n) is 9.55. The number of halogens is 3. The molecule has 0 atom stereocenters. The van der Waals surface area contributed by atoms with Crippen LogP contribution in [0.5, 0.6) is 0 Å². The lowest BCUT2D eigenvalue weighted by atomic mass is 10.2.